The van der Waals surface area contributed by atoms with Crippen molar-refractivity contribution in [3.63, 3.8) is 0 Å². The lowest BCUT2D eigenvalue weighted by atomic mass is 10.2. The third kappa shape index (κ3) is 2.03. The van der Waals surface area contributed by atoms with Crippen LogP contribution in [0.25, 0.3) is 23.0 Å². The third-order valence-corrected chi connectivity index (χ3v) is 2.65. The van der Waals surface area contributed by atoms with Crippen molar-refractivity contribution < 1.29 is 13.3 Å². The molecule has 0 saturated carbocycles. The lowest BCUT2D eigenvalue weighted by Crippen LogP contribution is -1.87. The van der Waals surface area contributed by atoms with Gasteiger partial charge in [-0.1, -0.05) is 5.16 Å². The Morgan fingerprint density at radius 3 is 2.75 bits per heavy atom. The van der Waals surface area contributed by atoms with Gasteiger partial charge in [-0.3, -0.25) is 0 Å². The monoisotopic (exact) mass is 272 g/mol. The Hall–Kier alpha value is -3.01. The number of rotatable bonds is 2. The Bertz CT molecular complexity index is 816. The second-order valence-corrected chi connectivity index (χ2v) is 3.97. The number of benzene rings is 1. The lowest BCUT2D eigenvalue weighted by molar-refractivity contribution is 0.431. The van der Waals surface area contributed by atoms with Gasteiger partial charge in [-0.2, -0.15) is 10.2 Å². The highest BCUT2D eigenvalue weighted by molar-refractivity contribution is 5.59. The first-order valence-corrected chi connectivity index (χ1v) is 5.55. The van der Waals surface area contributed by atoms with E-state index in [1.165, 1.54) is 12.3 Å². The van der Waals surface area contributed by atoms with Gasteiger partial charge in [0, 0.05) is 11.8 Å². The molecule has 0 aliphatic carbocycles. The maximum atomic E-state index is 13.1. The molecule has 3 rings (SSSR count). The fraction of sp³-hybridized carbons (Fsp3) is 0. The molecule has 5 nitrogen and oxygen atoms in total. The molecule has 2 aromatic heterocycles. The van der Waals surface area contributed by atoms with Crippen LogP contribution in [-0.2, 0) is 0 Å². The Labute approximate surface area is 111 Å². The Kier molecular flexibility index (Phi) is 2.76. The van der Waals surface area contributed by atoms with Crippen LogP contribution in [0.3, 0.4) is 0 Å². The maximum absolute atomic E-state index is 13.1. The molecule has 0 spiro atoms. The predicted octanol–water partition coefficient (Wildman–Crippen LogP) is 2.88. The average molecular weight is 272 g/mol. The molecule has 1 aromatic carbocycles. The first kappa shape index (κ1) is 12.0. The topological polar surface area (TPSA) is 78.5 Å². The second kappa shape index (κ2) is 4.59. The van der Waals surface area contributed by atoms with Gasteiger partial charge in [-0.15, -0.1) is 0 Å². The molecule has 0 radical (unpaired) electrons. The molecule has 98 valence electrons. The molecule has 7 heteroatoms. The fourth-order valence-corrected chi connectivity index (χ4v) is 1.67. The number of aromatic amines is 1. The van der Waals surface area contributed by atoms with Gasteiger partial charge in [-0.05, 0) is 24.3 Å². The van der Waals surface area contributed by atoms with Crippen molar-refractivity contribution in [2.45, 2.75) is 0 Å². The van der Waals surface area contributed by atoms with E-state index in [-0.39, 0.29) is 11.7 Å². The first-order valence-electron chi connectivity index (χ1n) is 5.55. The van der Waals surface area contributed by atoms with E-state index in [9.17, 15) is 8.78 Å². The molecule has 0 aliphatic rings. The smallest absolute Gasteiger partial charge is 0.274 e. The first-order chi connectivity index (χ1) is 9.67. The van der Waals surface area contributed by atoms with E-state index >= 15 is 0 Å². The number of hydrogen-bond donors (Lipinski definition) is 1. The quantitative estimate of drug-likeness (QED) is 0.778. The Morgan fingerprint density at radius 1 is 1.20 bits per heavy atom. The lowest BCUT2D eigenvalue weighted by Gasteiger charge is -1.95. The zero-order chi connectivity index (χ0) is 14.1. The van der Waals surface area contributed by atoms with Crippen LogP contribution >= 0.6 is 0 Å². The van der Waals surface area contributed by atoms with E-state index in [4.69, 9.17) is 9.78 Å². The Morgan fingerprint density at radius 2 is 2.05 bits per heavy atom. The van der Waals surface area contributed by atoms with E-state index in [1.807, 2.05) is 6.07 Å². The minimum Gasteiger partial charge on any atom is -0.356 e. The van der Waals surface area contributed by atoms with Crippen molar-refractivity contribution in [3.8, 4) is 29.0 Å². The SMILES string of the molecule is N#Cc1c[nH]c(-c2nc(-c3ccc(F)c(F)c3)no2)c1. The summed E-state index contributed by atoms with van der Waals surface area (Å²) in [4.78, 5) is 6.87. The zero-order valence-electron chi connectivity index (χ0n) is 9.89. The highest BCUT2D eigenvalue weighted by atomic mass is 19.2. The molecule has 0 saturated heterocycles. The average Bonchev–Trinajstić information content (AvgIpc) is 3.09. The van der Waals surface area contributed by atoms with Gasteiger partial charge in [0.15, 0.2) is 11.6 Å². The molecule has 20 heavy (non-hydrogen) atoms. The van der Waals surface area contributed by atoms with Gasteiger partial charge >= 0.3 is 0 Å². The molecule has 3 aromatic rings. The summed E-state index contributed by atoms with van der Waals surface area (Å²) in [5.41, 5.74) is 1.20. The molecule has 0 unspecified atom stereocenters. The van der Waals surface area contributed by atoms with Crippen molar-refractivity contribution in [2.24, 2.45) is 0 Å². The summed E-state index contributed by atoms with van der Waals surface area (Å²) in [6.07, 6.45) is 1.50. The second-order valence-electron chi connectivity index (χ2n) is 3.97. The van der Waals surface area contributed by atoms with Crippen molar-refractivity contribution in [1.29, 1.82) is 5.26 Å². The van der Waals surface area contributed by atoms with Crippen molar-refractivity contribution in [2.75, 3.05) is 0 Å². The van der Waals surface area contributed by atoms with Crippen LogP contribution in [0.15, 0.2) is 35.0 Å². The summed E-state index contributed by atoms with van der Waals surface area (Å²) in [7, 11) is 0. The summed E-state index contributed by atoms with van der Waals surface area (Å²) in [5.74, 6) is -1.64. The number of hydrogen-bond acceptors (Lipinski definition) is 4. The van der Waals surface area contributed by atoms with Crippen molar-refractivity contribution >= 4 is 0 Å². The number of H-pyrrole nitrogens is 1. The molecule has 0 amide bonds. The summed E-state index contributed by atoms with van der Waals surface area (Å²) < 4.78 is 31.0. The van der Waals surface area contributed by atoms with Crippen molar-refractivity contribution in [1.82, 2.24) is 15.1 Å². The molecule has 0 fully saturated rings. The molecule has 2 heterocycles. The normalized spacial score (nSPS) is 10.4. The van der Waals surface area contributed by atoms with E-state index in [0.29, 0.717) is 16.8 Å². The van der Waals surface area contributed by atoms with E-state index in [1.54, 1.807) is 6.07 Å². The van der Waals surface area contributed by atoms with E-state index < -0.39 is 11.6 Å². The number of halogens is 2. The molecule has 0 bridgehead atoms. The minimum atomic E-state index is -0.986. The molecular formula is C13H6F2N4O. The highest BCUT2D eigenvalue weighted by Gasteiger charge is 2.13. The van der Waals surface area contributed by atoms with Gasteiger partial charge in [-0.25, -0.2) is 8.78 Å². The summed E-state index contributed by atoms with van der Waals surface area (Å²) in [5, 5.41) is 12.4. The third-order valence-electron chi connectivity index (χ3n) is 2.65. The van der Waals surface area contributed by atoms with Gasteiger partial charge in [0.25, 0.3) is 5.89 Å². The van der Waals surface area contributed by atoms with Crippen LogP contribution in [0.4, 0.5) is 8.78 Å². The van der Waals surface area contributed by atoms with Crippen LogP contribution < -0.4 is 0 Å². The van der Waals surface area contributed by atoms with Crippen LogP contribution in [-0.4, -0.2) is 15.1 Å². The van der Waals surface area contributed by atoms with E-state index in [0.717, 1.165) is 12.1 Å². The standard InChI is InChI=1S/C13H6F2N4O/c14-9-2-1-8(4-10(9)15)12-18-13(20-19-12)11-3-7(5-16)6-17-11/h1-4,6,17H. The molecule has 0 aliphatic heterocycles. The van der Waals surface area contributed by atoms with Crippen LogP contribution in [0, 0.1) is 23.0 Å². The van der Waals surface area contributed by atoms with Crippen LogP contribution in [0.2, 0.25) is 0 Å². The predicted molar refractivity (Wildman–Crippen MR) is 64.2 cm³/mol. The summed E-state index contributed by atoms with van der Waals surface area (Å²) >= 11 is 0. The maximum Gasteiger partial charge on any atom is 0.274 e. The summed E-state index contributed by atoms with van der Waals surface area (Å²) in [6, 6.07) is 6.83. The van der Waals surface area contributed by atoms with Crippen molar-refractivity contribution in [3.05, 3.63) is 47.7 Å². The highest BCUT2D eigenvalue weighted by Crippen LogP contribution is 2.23. The van der Waals surface area contributed by atoms with E-state index in [2.05, 4.69) is 15.1 Å². The van der Waals surface area contributed by atoms with Gasteiger partial charge in [0.05, 0.1) is 5.56 Å². The number of aromatic nitrogens is 3. The number of nitriles is 1. The number of nitrogens with one attached hydrogen (secondary N) is 1. The van der Waals surface area contributed by atoms with Gasteiger partial charge in [0.1, 0.15) is 11.8 Å². The fourth-order valence-electron chi connectivity index (χ4n) is 1.67. The van der Waals surface area contributed by atoms with Gasteiger partial charge in [0.2, 0.25) is 5.82 Å². The summed E-state index contributed by atoms with van der Waals surface area (Å²) in [6.45, 7) is 0. The Balaban J connectivity index is 1.97. The largest absolute Gasteiger partial charge is 0.356 e. The number of nitrogens with zero attached hydrogens (tertiary/aromatic N) is 3. The molecular weight excluding hydrogens is 266 g/mol. The zero-order valence-corrected chi connectivity index (χ0v) is 9.89. The van der Waals surface area contributed by atoms with Gasteiger partial charge < -0.3 is 9.51 Å². The molecule has 1 N–H and O–H groups in total. The molecule has 0 atom stereocenters. The van der Waals surface area contributed by atoms with Crippen LogP contribution in [0.5, 0.6) is 0 Å². The minimum absolute atomic E-state index is 0.131. The van der Waals surface area contributed by atoms with Crippen LogP contribution in [0.1, 0.15) is 5.56 Å².